The highest BCUT2D eigenvalue weighted by molar-refractivity contribution is 5.24. The monoisotopic (exact) mass is 204 g/mol. The zero-order chi connectivity index (χ0) is 10.7. The van der Waals surface area contributed by atoms with Crippen LogP contribution in [0.1, 0.15) is 17.0 Å². The Balaban J connectivity index is 2.92. The molecular formula is C9H14F2N2O. The third kappa shape index (κ3) is 2.29. The van der Waals surface area contributed by atoms with Crippen LogP contribution in [0.15, 0.2) is 0 Å². The van der Waals surface area contributed by atoms with E-state index in [4.69, 9.17) is 5.11 Å². The Kier molecular flexibility index (Phi) is 3.57. The van der Waals surface area contributed by atoms with Gasteiger partial charge in [-0.05, 0) is 25.8 Å². The Morgan fingerprint density at radius 3 is 2.57 bits per heavy atom. The summed E-state index contributed by atoms with van der Waals surface area (Å²) >= 11 is 0. The van der Waals surface area contributed by atoms with Crippen molar-refractivity contribution in [3.63, 3.8) is 0 Å². The zero-order valence-electron chi connectivity index (χ0n) is 8.30. The second-order valence-corrected chi connectivity index (χ2v) is 3.20. The molecule has 0 bridgehead atoms. The van der Waals surface area contributed by atoms with Crippen LogP contribution in [0.25, 0.3) is 0 Å². The van der Waals surface area contributed by atoms with Crippen molar-refractivity contribution >= 4 is 0 Å². The van der Waals surface area contributed by atoms with Gasteiger partial charge in [-0.1, -0.05) is 0 Å². The van der Waals surface area contributed by atoms with Crippen LogP contribution in [0, 0.1) is 13.8 Å². The summed E-state index contributed by atoms with van der Waals surface area (Å²) in [7, 11) is 0. The van der Waals surface area contributed by atoms with Crippen LogP contribution in [-0.2, 0) is 13.0 Å². The first kappa shape index (κ1) is 11.1. The van der Waals surface area contributed by atoms with Gasteiger partial charge in [-0.15, -0.1) is 0 Å². The van der Waals surface area contributed by atoms with Gasteiger partial charge in [0, 0.05) is 12.3 Å². The molecule has 1 N–H and O–H groups in total. The number of hydrogen-bond donors (Lipinski definition) is 1. The van der Waals surface area contributed by atoms with Crippen molar-refractivity contribution in [1.29, 1.82) is 0 Å². The lowest BCUT2D eigenvalue weighted by Crippen LogP contribution is -2.10. The molecule has 0 saturated heterocycles. The molecule has 0 aliphatic carbocycles. The maximum atomic E-state index is 12.1. The molecule has 80 valence electrons. The largest absolute Gasteiger partial charge is 0.396 e. The molecule has 1 aromatic heterocycles. The second kappa shape index (κ2) is 4.50. The first-order valence-corrected chi connectivity index (χ1v) is 4.48. The first-order valence-electron chi connectivity index (χ1n) is 4.48. The van der Waals surface area contributed by atoms with Crippen LogP contribution in [0.4, 0.5) is 8.78 Å². The van der Waals surface area contributed by atoms with E-state index in [0.29, 0.717) is 6.42 Å². The summed E-state index contributed by atoms with van der Waals surface area (Å²) in [5, 5.41) is 12.8. The molecule has 1 heterocycles. The van der Waals surface area contributed by atoms with E-state index in [-0.39, 0.29) is 13.2 Å². The van der Waals surface area contributed by atoms with E-state index in [1.165, 1.54) is 4.68 Å². The molecule has 14 heavy (non-hydrogen) atoms. The van der Waals surface area contributed by atoms with Gasteiger partial charge in [0.05, 0.1) is 5.69 Å². The average Bonchev–Trinajstić information content (AvgIpc) is 2.32. The van der Waals surface area contributed by atoms with Gasteiger partial charge in [-0.25, -0.2) is 8.78 Å². The van der Waals surface area contributed by atoms with Crippen molar-refractivity contribution in [3.8, 4) is 0 Å². The second-order valence-electron chi connectivity index (χ2n) is 3.20. The van der Waals surface area contributed by atoms with Crippen molar-refractivity contribution in [2.24, 2.45) is 0 Å². The molecule has 0 aliphatic heterocycles. The third-order valence-electron chi connectivity index (χ3n) is 2.20. The quantitative estimate of drug-likeness (QED) is 0.802. The number of aliphatic hydroxyl groups excluding tert-OH is 1. The van der Waals surface area contributed by atoms with Crippen LogP contribution < -0.4 is 0 Å². The molecule has 0 fully saturated rings. The summed E-state index contributed by atoms with van der Waals surface area (Å²) in [6.45, 7) is 3.15. The number of rotatable bonds is 4. The van der Waals surface area contributed by atoms with Crippen molar-refractivity contribution in [3.05, 3.63) is 17.0 Å². The van der Waals surface area contributed by atoms with Gasteiger partial charge in [0.25, 0.3) is 6.43 Å². The van der Waals surface area contributed by atoms with Crippen molar-refractivity contribution in [2.45, 2.75) is 33.2 Å². The molecule has 1 rings (SSSR count). The van der Waals surface area contributed by atoms with E-state index in [1.54, 1.807) is 13.8 Å². The molecule has 0 aliphatic rings. The number of aryl methyl sites for hydroxylation is 1. The molecule has 0 atom stereocenters. The van der Waals surface area contributed by atoms with Crippen LogP contribution in [-0.4, -0.2) is 27.9 Å². The Morgan fingerprint density at radius 2 is 2.07 bits per heavy atom. The predicted octanol–water partition coefficient (Wildman–Crippen LogP) is 1.30. The Hall–Kier alpha value is -0.970. The Morgan fingerprint density at radius 1 is 1.43 bits per heavy atom. The number of hydrogen-bond acceptors (Lipinski definition) is 2. The minimum absolute atomic E-state index is 0.0159. The first-order chi connectivity index (χ1) is 6.56. The zero-order valence-corrected chi connectivity index (χ0v) is 8.30. The molecule has 0 saturated carbocycles. The molecular weight excluding hydrogens is 190 g/mol. The van der Waals surface area contributed by atoms with E-state index >= 15 is 0 Å². The summed E-state index contributed by atoms with van der Waals surface area (Å²) in [6.07, 6.45) is -1.92. The summed E-state index contributed by atoms with van der Waals surface area (Å²) in [6, 6.07) is 0. The van der Waals surface area contributed by atoms with Gasteiger partial charge in [0.15, 0.2) is 0 Å². The SMILES string of the molecule is Cc1nn(CC(F)F)c(C)c1CCO. The van der Waals surface area contributed by atoms with Gasteiger partial charge in [-0.3, -0.25) is 4.68 Å². The van der Waals surface area contributed by atoms with Crippen LogP contribution in [0.5, 0.6) is 0 Å². The Labute approximate surface area is 81.4 Å². The molecule has 0 aromatic carbocycles. The minimum atomic E-state index is -2.39. The topological polar surface area (TPSA) is 38.0 Å². The van der Waals surface area contributed by atoms with E-state index < -0.39 is 6.43 Å². The highest BCUT2D eigenvalue weighted by Crippen LogP contribution is 2.14. The molecule has 0 amide bonds. The molecule has 0 unspecified atom stereocenters. The number of halogens is 2. The lowest BCUT2D eigenvalue weighted by atomic mass is 10.1. The lowest BCUT2D eigenvalue weighted by Gasteiger charge is -2.03. The van der Waals surface area contributed by atoms with Crippen LogP contribution in [0.3, 0.4) is 0 Å². The fourth-order valence-corrected chi connectivity index (χ4v) is 1.52. The highest BCUT2D eigenvalue weighted by Gasteiger charge is 2.13. The number of alkyl halides is 2. The van der Waals surface area contributed by atoms with Crippen molar-refractivity contribution in [2.75, 3.05) is 6.61 Å². The average molecular weight is 204 g/mol. The predicted molar refractivity (Wildman–Crippen MR) is 48.5 cm³/mol. The molecule has 5 heteroatoms. The fraction of sp³-hybridized carbons (Fsp3) is 0.667. The van der Waals surface area contributed by atoms with Gasteiger partial charge >= 0.3 is 0 Å². The summed E-state index contributed by atoms with van der Waals surface area (Å²) in [5.74, 6) is 0. The smallest absolute Gasteiger partial charge is 0.257 e. The van der Waals surface area contributed by atoms with Crippen molar-refractivity contribution in [1.82, 2.24) is 9.78 Å². The highest BCUT2D eigenvalue weighted by atomic mass is 19.3. The van der Waals surface area contributed by atoms with Gasteiger partial charge in [0.2, 0.25) is 0 Å². The fourth-order valence-electron chi connectivity index (χ4n) is 1.52. The minimum Gasteiger partial charge on any atom is -0.396 e. The molecule has 0 spiro atoms. The van der Waals surface area contributed by atoms with Crippen LogP contribution >= 0.6 is 0 Å². The number of aliphatic hydroxyl groups is 1. The van der Waals surface area contributed by atoms with Gasteiger partial charge in [-0.2, -0.15) is 5.10 Å². The normalized spacial score (nSPS) is 11.3. The summed E-state index contributed by atoms with van der Waals surface area (Å²) in [4.78, 5) is 0. The number of nitrogens with zero attached hydrogens (tertiary/aromatic N) is 2. The van der Waals surface area contributed by atoms with E-state index in [2.05, 4.69) is 5.10 Å². The van der Waals surface area contributed by atoms with Gasteiger partial charge in [0.1, 0.15) is 6.54 Å². The summed E-state index contributed by atoms with van der Waals surface area (Å²) in [5.41, 5.74) is 2.31. The molecule has 0 radical (unpaired) electrons. The lowest BCUT2D eigenvalue weighted by molar-refractivity contribution is 0.121. The standard InChI is InChI=1S/C9H14F2N2O/c1-6-8(3-4-14)7(2)13(12-6)5-9(10)11/h9,14H,3-5H2,1-2H3. The van der Waals surface area contributed by atoms with Crippen LogP contribution in [0.2, 0.25) is 0 Å². The maximum Gasteiger partial charge on any atom is 0.257 e. The van der Waals surface area contributed by atoms with E-state index in [0.717, 1.165) is 17.0 Å². The summed E-state index contributed by atoms with van der Waals surface area (Å²) < 4.78 is 25.5. The van der Waals surface area contributed by atoms with E-state index in [1.807, 2.05) is 0 Å². The van der Waals surface area contributed by atoms with Gasteiger partial charge < -0.3 is 5.11 Å². The number of aromatic nitrogens is 2. The van der Waals surface area contributed by atoms with E-state index in [9.17, 15) is 8.78 Å². The Bertz CT molecular complexity index is 310. The maximum absolute atomic E-state index is 12.1. The molecule has 3 nitrogen and oxygen atoms in total. The van der Waals surface area contributed by atoms with Crippen molar-refractivity contribution < 1.29 is 13.9 Å². The third-order valence-corrected chi connectivity index (χ3v) is 2.20. The molecule has 1 aromatic rings.